The van der Waals surface area contributed by atoms with E-state index >= 15 is 0 Å². The van der Waals surface area contributed by atoms with Crippen molar-refractivity contribution in [1.29, 1.82) is 0 Å². The lowest BCUT2D eigenvalue weighted by Gasteiger charge is -2.19. The summed E-state index contributed by atoms with van der Waals surface area (Å²) in [6.45, 7) is -0.936. The lowest BCUT2D eigenvalue weighted by atomic mass is 9.95. The number of benzene rings is 1. The van der Waals surface area contributed by atoms with Crippen LogP contribution in [0.5, 0.6) is 0 Å². The van der Waals surface area contributed by atoms with Crippen molar-refractivity contribution in [3.05, 3.63) is 40.9 Å². The number of hydrogen-bond acceptors (Lipinski definition) is 4. The van der Waals surface area contributed by atoms with E-state index in [9.17, 15) is 27.6 Å². The molecule has 2 amide bonds. The molecule has 1 atom stereocenters. The predicted molar refractivity (Wildman–Crippen MR) is 100 cm³/mol. The molecule has 1 N–H and O–H groups in total. The average Bonchev–Trinajstić information content (AvgIpc) is 2.67. The topological polar surface area (TPSA) is 75.7 Å². The molecule has 0 fully saturated rings. The number of esters is 1. The van der Waals surface area contributed by atoms with E-state index < -0.39 is 47.7 Å². The minimum Gasteiger partial charge on any atom is -0.455 e. The maximum absolute atomic E-state index is 12.9. The molecule has 158 valence electrons. The van der Waals surface area contributed by atoms with E-state index in [0.29, 0.717) is 18.9 Å². The number of nitrogens with zero attached hydrogens (tertiary/aromatic N) is 1. The second-order valence-electron chi connectivity index (χ2n) is 6.58. The summed E-state index contributed by atoms with van der Waals surface area (Å²) < 4.78 is 43.6. The Morgan fingerprint density at radius 3 is 2.62 bits per heavy atom. The van der Waals surface area contributed by atoms with Gasteiger partial charge in [0.2, 0.25) is 5.91 Å². The van der Waals surface area contributed by atoms with Gasteiger partial charge in [-0.3, -0.25) is 14.4 Å². The number of ether oxygens (including phenoxy) is 1. The van der Waals surface area contributed by atoms with Crippen molar-refractivity contribution in [1.82, 2.24) is 4.90 Å². The molecule has 0 bridgehead atoms. The molecule has 0 saturated heterocycles. The van der Waals surface area contributed by atoms with Crippen LogP contribution in [0.2, 0.25) is 5.02 Å². The molecule has 0 aromatic heterocycles. The number of anilines is 1. The SMILES string of the molecule is CN(CC(=O)Nc1ccc(Cl)c(C(F)(F)F)c1)C(=O)COC(=O)C1CC=CCC1. The number of nitrogens with one attached hydrogen (secondary N) is 1. The van der Waals surface area contributed by atoms with Gasteiger partial charge >= 0.3 is 12.1 Å². The molecule has 10 heteroatoms. The van der Waals surface area contributed by atoms with Gasteiger partial charge in [-0.25, -0.2) is 0 Å². The zero-order valence-electron chi connectivity index (χ0n) is 15.6. The van der Waals surface area contributed by atoms with E-state index in [4.69, 9.17) is 16.3 Å². The molecule has 29 heavy (non-hydrogen) atoms. The highest BCUT2D eigenvalue weighted by Crippen LogP contribution is 2.36. The number of alkyl halides is 3. The summed E-state index contributed by atoms with van der Waals surface area (Å²) in [5.41, 5.74) is -1.18. The Labute approximate surface area is 170 Å². The second kappa shape index (κ2) is 9.78. The molecular weight excluding hydrogens is 413 g/mol. The molecule has 1 aliphatic rings. The Bertz CT molecular complexity index is 811. The maximum atomic E-state index is 12.9. The average molecular weight is 433 g/mol. The molecule has 0 heterocycles. The molecule has 1 aromatic rings. The molecule has 1 aromatic carbocycles. The molecule has 0 aliphatic heterocycles. The van der Waals surface area contributed by atoms with Gasteiger partial charge in [0.05, 0.1) is 23.0 Å². The van der Waals surface area contributed by atoms with Crippen LogP contribution in [-0.4, -0.2) is 42.9 Å². The van der Waals surface area contributed by atoms with Gasteiger partial charge in [0.25, 0.3) is 5.91 Å². The van der Waals surface area contributed by atoms with Crippen molar-refractivity contribution >= 4 is 35.1 Å². The zero-order valence-corrected chi connectivity index (χ0v) is 16.3. The van der Waals surface area contributed by atoms with Crippen LogP contribution in [0.3, 0.4) is 0 Å². The van der Waals surface area contributed by atoms with Crippen molar-refractivity contribution in [3.8, 4) is 0 Å². The minimum atomic E-state index is -4.66. The smallest absolute Gasteiger partial charge is 0.417 e. The number of carbonyl (C=O) groups is 3. The fraction of sp³-hybridized carbons (Fsp3) is 0.421. The number of carbonyl (C=O) groups excluding carboxylic acids is 3. The molecule has 2 rings (SSSR count). The number of halogens is 4. The Hall–Kier alpha value is -2.55. The standard InChI is InChI=1S/C19H20ClF3N2O4/c1-25(17(27)11-29-18(28)12-5-3-2-4-6-12)10-16(26)24-13-7-8-15(20)14(9-13)19(21,22)23/h2-3,7-9,12H,4-6,10-11H2,1H3,(H,24,26). The van der Waals surface area contributed by atoms with E-state index in [0.717, 1.165) is 17.4 Å². The largest absolute Gasteiger partial charge is 0.455 e. The number of rotatable bonds is 6. The monoisotopic (exact) mass is 432 g/mol. The first-order valence-corrected chi connectivity index (χ1v) is 9.18. The number of likely N-dealkylation sites (N-methyl/N-ethyl adjacent to an activating group) is 1. The first kappa shape index (κ1) is 22.7. The summed E-state index contributed by atoms with van der Waals surface area (Å²) in [7, 11) is 1.32. The van der Waals surface area contributed by atoms with E-state index in [1.807, 2.05) is 12.2 Å². The molecule has 0 radical (unpaired) electrons. The summed E-state index contributed by atoms with van der Waals surface area (Å²) in [5, 5.41) is 1.79. The van der Waals surface area contributed by atoms with Gasteiger partial charge in [-0.2, -0.15) is 13.2 Å². The summed E-state index contributed by atoms with van der Waals surface area (Å²) in [6.07, 6.45) is 1.18. The fourth-order valence-corrected chi connectivity index (χ4v) is 2.92. The first-order chi connectivity index (χ1) is 13.6. The van der Waals surface area contributed by atoms with Crippen LogP contribution in [-0.2, 0) is 25.3 Å². The fourth-order valence-electron chi connectivity index (χ4n) is 2.69. The van der Waals surface area contributed by atoms with Crippen LogP contribution in [0, 0.1) is 5.92 Å². The Morgan fingerprint density at radius 1 is 1.28 bits per heavy atom. The molecule has 0 spiro atoms. The molecule has 1 aliphatic carbocycles. The molecule has 0 saturated carbocycles. The van der Waals surface area contributed by atoms with E-state index in [1.165, 1.54) is 13.1 Å². The van der Waals surface area contributed by atoms with Gasteiger partial charge in [0, 0.05) is 12.7 Å². The van der Waals surface area contributed by atoms with Crippen molar-refractivity contribution in [2.24, 2.45) is 5.92 Å². The summed E-state index contributed by atoms with van der Waals surface area (Å²) in [4.78, 5) is 37.0. The van der Waals surface area contributed by atoms with Crippen molar-refractivity contribution in [2.75, 3.05) is 25.5 Å². The van der Waals surface area contributed by atoms with Crippen LogP contribution < -0.4 is 5.32 Å². The van der Waals surface area contributed by atoms with E-state index in [1.54, 1.807) is 0 Å². The van der Waals surface area contributed by atoms with Crippen LogP contribution in [0.15, 0.2) is 30.4 Å². The quantitative estimate of drug-likeness (QED) is 0.550. The van der Waals surface area contributed by atoms with Crippen LogP contribution >= 0.6 is 11.6 Å². The maximum Gasteiger partial charge on any atom is 0.417 e. The van der Waals surface area contributed by atoms with Crippen molar-refractivity contribution in [2.45, 2.75) is 25.4 Å². The van der Waals surface area contributed by atoms with Gasteiger partial charge in [0.1, 0.15) is 0 Å². The normalized spacial score (nSPS) is 16.2. The minimum absolute atomic E-state index is 0.107. The van der Waals surface area contributed by atoms with Gasteiger partial charge in [-0.15, -0.1) is 0 Å². The lowest BCUT2D eigenvalue weighted by Crippen LogP contribution is -2.38. The predicted octanol–water partition coefficient (Wildman–Crippen LogP) is 3.66. The highest BCUT2D eigenvalue weighted by Gasteiger charge is 2.33. The highest BCUT2D eigenvalue weighted by molar-refractivity contribution is 6.31. The van der Waals surface area contributed by atoms with Crippen LogP contribution in [0.4, 0.5) is 18.9 Å². The molecule has 6 nitrogen and oxygen atoms in total. The van der Waals surface area contributed by atoms with Crippen molar-refractivity contribution in [3.63, 3.8) is 0 Å². The van der Waals surface area contributed by atoms with Crippen molar-refractivity contribution < 1.29 is 32.3 Å². The van der Waals surface area contributed by atoms with Gasteiger partial charge in [-0.05, 0) is 37.5 Å². The van der Waals surface area contributed by atoms with Crippen LogP contribution in [0.1, 0.15) is 24.8 Å². The van der Waals surface area contributed by atoms with Crippen LogP contribution in [0.25, 0.3) is 0 Å². The highest BCUT2D eigenvalue weighted by atomic mass is 35.5. The third kappa shape index (κ3) is 6.77. The third-order valence-corrected chi connectivity index (χ3v) is 4.63. The summed E-state index contributed by atoms with van der Waals surface area (Å²) >= 11 is 5.53. The van der Waals surface area contributed by atoms with Gasteiger partial charge < -0.3 is 15.0 Å². The second-order valence-corrected chi connectivity index (χ2v) is 6.99. The first-order valence-electron chi connectivity index (χ1n) is 8.80. The number of hydrogen-bond donors (Lipinski definition) is 1. The zero-order chi connectivity index (χ0) is 21.6. The third-order valence-electron chi connectivity index (χ3n) is 4.30. The summed E-state index contributed by atoms with van der Waals surface area (Å²) in [5.74, 6) is -2.07. The van der Waals surface area contributed by atoms with Gasteiger partial charge in [0.15, 0.2) is 6.61 Å². The lowest BCUT2D eigenvalue weighted by molar-refractivity contribution is -0.155. The molecule has 1 unspecified atom stereocenters. The van der Waals surface area contributed by atoms with E-state index in [-0.39, 0.29) is 11.6 Å². The molecular formula is C19H20ClF3N2O4. The number of amides is 2. The number of allylic oxidation sites excluding steroid dienone is 2. The Morgan fingerprint density at radius 2 is 2.00 bits per heavy atom. The van der Waals surface area contributed by atoms with E-state index in [2.05, 4.69) is 5.32 Å². The van der Waals surface area contributed by atoms with Gasteiger partial charge in [-0.1, -0.05) is 23.8 Å². The Balaban J connectivity index is 1.84. The Kier molecular flexibility index (Phi) is 7.66. The summed E-state index contributed by atoms with van der Waals surface area (Å²) in [6, 6.07) is 2.95.